The van der Waals surface area contributed by atoms with E-state index in [0.29, 0.717) is 24.5 Å². The molecule has 1 atom stereocenters. The van der Waals surface area contributed by atoms with Crippen LogP contribution in [0.15, 0.2) is 36.4 Å². The Morgan fingerprint density at radius 1 is 1.32 bits per heavy atom. The molecule has 2 aromatic rings. The van der Waals surface area contributed by atoms with Gasteiger partial charge in [-0.05, 0) is 31.2 Å². The van der Waals surface area contributed by atoms with Gasteiger partial charge in [0.05, 0.1) is 12.2 Å². The van der Waals surface area contributed by atoms with Crippen molar-refractivity contribution in [2.45, 2.75) is 19.4 Å². The van der Waals surface area contributed by atoms with Gasteiger partial charge in [0.25, 0.3) is 5.91 Å². The van der Waals surface area contributed by atoms with Crippen LogP contribution in [0.25, 0.3) is 0 Å². The number of amides is 1. The lowest BCUT2D eigenvalue weighted by atomic mass is 10.2. The van der Waals surface area contributed by atoms with Gasteiger partial charge in [-0.15, -0.1) is 5.10 Å². The molecule has 1 aromatic carbocycles. The van der Waals surface area contributed by atoms with Gasteiger partial charge >= 0.3 is 0 Å². The standard InChI is InChI=1S/C16H16FN3O2/c1-11-5-6-15(19-18-11)22-14-7-8-20(10-14)16(21)12-3-2-4-13(17)9-12/h2-6,9,14H,7-8,10H2,1H3. The minimum absolute atomic E-state index is 0.116. The molecule has 1 unspecified atom stereocenters. The van der Waals surface area contributed by atoms with Crippen LogP contribution in [0.1, 0.15) is 22.5 Å². The van der Waals surface area contributed by atoms with Crippen LogP contribution in [0.2, 0.25) is 0 Å². The zero-order chi connectivity index (χ0) is 15.5. The predicted octanol–water partition coefficient (Wildman–Crippen LogP) is 2.22. The van der Waals surface area contributed by atoms with Crippen molar-refractivity contribution >= 4 is 5.91 Å². The second-order valence-corrected chi connectivity index (χ2v) is 5.30. The maximum absolute atomic E-state index is 13.2. The Balaban J connectivity index is 1.62. The van der Waals surface area contributed by atoms with Crippen LogP contribution in [0.3, 0.4) is 0 Å². The Morgan fingerprint density at radius 2 is 2.18 bits per heavy atom. The van der Waals surface area contributed by atoms with Crippen LogP contribution >= 0.6 is 0 Å². The number of hydrogen-bond acceptors (Lipinski definition) is 4. The van der Waals surface area contributed by atoms with Gasteiger partial charge in [0.1, 0.15) is 11.9 Å². The fourth-order valence-electron chi connectivity index (χ4n) is 2.43. The first-order valence-corrected chi connectivity index (χ1v) is 7.13. The zero-order valence-corrected chi connectivity index (χ0v) is 12.2. The molecule has 1 saturated heterocycles. The molecular formula is C16H16FN3O2. The van der Waals surface area contributed by atoms with Gasteiger partial charge in [-0.3, -0.25) is 4.79 Å². The van der Waals surface area contributed by atoms with Crippen LogP contribution in [-0.2, 0) is 0 Å². The quantitative estimate of drug-likeness (QED) is 0.872. The molecule has 1 amide bonds. The van der Waals surface area contributed by atoms with E-state index in [2.05, 4.69) is 10.2 Å². The maximum Gasteiger partial charge on any atom is 0.254 e. The summed E-state index contributed by atoms with van der Waals surface area (Å²) in [5.74, 6) is -0.135. The molecule has 0 aliphatic carbocycles. The number of aromatic nitrogens is 2. The van der Waals surface area contributed by atoms with E-state index in [0.717, 1.165) is 12.1 Å². The van der Waals surface area contributed by atoms with E-state index in [4.69, 9.17) is 4.74 Å². The monoisotopic (exact) mass is 301 g/mol. The SMILES string of the molecule is Cc1ccc(OC2CCN(C(=O)c3cccc(F)c3)C2)nn1. The van der Waals surface area contributed by atoms with Crippen LogP contribution in [-0.4, -0.2) is 40.2 Å². The summed E-state index contributed by atoms with van der Waals surface area (Å²) in [7, 11) is 0. The van der Waals surface area contributed by atoms with Crippen molar-refractivity contribution in [3.63, 3.8) is 0 Å². The van der Waals surface area contributed by atoms with Crippen LogP contribution in [0.4, 0.5) is 4.39 Å². The van der Waals surface area contributed by atoms with E-state index in [-0.39, 0.29) is 12.0 Å². The van der Waals surface area contributed by atoms with Crippen molar-refractivity contribution in [2.75, 3.05) is 13.1 Å². The van der Waals surface area contributed by atoms with Gasteiger partial charge < -0.3 is 9.64 Å². The lowest BCUT2D eigenvalue weighted by molar-refractivity contribution is 0.0770. The summed E-state index contributed by atoms with van der Waals surface area (Å²) in [5, 5.41) is 7.89. The lowest BCUT2D eigenvalue weighted by Gasteiger charge is -2.17. The molecule has 0 bridgehead atoms. The van der Waals surface area contributed by atoms with Crippen molar-refractivity contribution in [1.82, 2.24) is 15.1 Å². The second kappa shape index (κ2) is 6.09. The number of halogens is 1. The fraction of sp³-hybridized carbons (Fsp3) is 0.312. The molecule has 0 radical (unpaired) electrons. The Hall–Kier alpha value is -2.50. The number of rotatable bonds is 3. The van der Waals surface area contributed by atoms with E-state index >= 15 is 0 Å². The first kappa shape index (κ1) is 14.4. The van der Waals surface area contributed by atoms with Crippen molar-refractivity contribution in [3.05, 3.63) is 53.5 Å². The Labute approximate surface area is 127 Å². The number of ether oxygens (including phenoxy) is 1. The van der Waals surface area contributed by atoms with Crippen molar-refractivity contribution in [2.24, 2.45) is 0 Å². The Morgan fingerprint density at radius 3 is 2.91 bits per heavy atom. The van der Waals surface area contributed by atoms with Gasteiger partial charge in [0.2, 0.25) is 5.88 Å². The number of benzene rings is 1. The smallest absolute Gasteiger partial charge is 0.254 e. The topological polar surface area (TPSA) is 55.3 Å². The molecule has 1 fully saturated rings. The zero-order valence-electron chi connectivity index (χ0n) is 12.2. The van der Waals surface area contributed by atoms with Gasteiger partial charge in [-0.25, -0.2) is 4.39 Å². The fourth-order valence-corrected chi connectivity index (χ4v) is 2.43. The molecule has 1 aromatic heterocycles. The Kier molecular flexibility index (Phi) is 4.00. The highest BCUT2D eigenvalue weighted by molar-refractivity contribution is 5.94. The number of likely N-dealkylation sites (tertiary alicyclic amines) is 1. The average molecular weight is 301 g/mol. The van der Waals surface area contributed by atoms with Crippen LogP contribution in [0, 0.1) is 12.7 Å². The first-order valence-electron chi connectivity index (χ1n) is 7.13. The lowest BCUT2D eigenvalue weighted by Crippen LogP contribution is -2.31. The summed E-state index contributed by atoms with van der Waals surface area (Å²) in [4.78, 5) is 14.0. The summed E-state index contributed by atoms with van der Waals surface area (Å²) < 4.78 is 18.9. The van der Waals surface area contributed by atoms with Crippen molar-refractivity contribution in [3.8, 4) is 5.88 Å². The Bertz CT molecular complexity index is 675. The second-order valence-electron chi connectivity index (χ2n) is 5.30. The molecular weight excluding hydrogens is 285 g/mol. The highest BCUT2D eigenvalue weighted by Gasteiger charge is 2.28. The molecule has 114 valence electrons. The molecule has 22 heavy (non-hydrogen) atoms. The van der Waals surface area contributed by atoms with Crippen LogP contribution < -0.4 is 4.74 Å². The summed E-state index contributed by atoms with van der Waals surface area (Å²) in [6, 6.07) is 9.32. The van der Waals surface area contributed by atoms with E-state index < -0.39 is 5.82 Å². The van der Waals surface area contributed by atoms with Crippen LogP contribution in [0.5, 0.6) is 5.88 Å². The highest BCUT2D eigenvalue weighted by Crippen LogP contribution is 2.18. The summed E-state index contributed by atoms with van der Waals surface area (Å²) >= 11 is 0. The number of hydrogen-bond donors (Lipinski definition) is 0. The highest BCUT2D eigenvalue weighted by atomic mass is 19.1. The molecule has 1 aliphatic heterocycles. The number of carbonyl (C=O) groups excluding carboxylic acids is 1. The van der Waals surface area contributed by atoms with E-state index in [1.807, 2.05) is 13.0 Å². The third-order valence-electron chi connectivity index (χ3n) is 3.56. The number of carbonyl (C=O) groups is 1. The minimum Gasteiger partial charge on any atom is -0.471 e. The molecule has 2 heterocycles. The first-order chi connectivity index (χ1) is 10.6. The molecule has 0 saturated carbocycles. The van der Waals surface area contributed by atoms with Crippen molar-refractivity contribution < 1.29 is 13.9 Å². The molecule has 6 heteroatoms. The molecule has 1 aliphatic rings. The largest absolute Gasteiger partial charge is 0.471 e. The minimum atomic E-state index is -0.409. The number of nitrogens with zero attached hydrogens (tertiary/aromatic N) is 3. The summed E-state index contributed by atoms with van der Waals surface area (Å²) in [5.41, 5.74) is 1.18. The number of aryl methyl sites for hydroxylation is 1. The molecule has 5 nitrogen and oxygen atoms in total. The van der Waals surface area contributed by atoms with E-state index in [1.54, 1.807) is 17.0 Å². The third-order valence-corrected chi connectivity index (χ3v) is 3.56. The maximum atomic E-state index is 13.2. The summed E-state index contributed by atoms with van der Waals surface area (Å²) in [6.45, 7) is 2.90. The van der Waals surface area contributed by atoms with E-state index in [9.17, 15) is 9.18 Å². The predicted molar refractivity (Wildman–Crippen MR) is 78.1 cm³/mol. The summed E-state index contributed by atoms with van der Waals surface area (Å²) in [6.07, 6.45) is 0.603. The van der Waals surface area contributed by atoms with Gasteiger partial charge in [0.15, 0.2) is 0 Å². The normalized spacial score (nSPS) is 17.5. The molecule has 3 rings (SSSR count). The van der Waals surface area contributed by atoms with Gasteiger partial charge in [0, 0.05) is 24.6 Å². The molecule has 0 N–H and O–H groups in total. The third kappa shape index (κ3) is 3.21. The molecule has 0 spiro atoms. The van der Waals surface area contributed by atoms with Gasteiger partial charge in [-0.1, -0.05) is 6.07 Å². The van der Waals surface area contributed by atoms with Gasteiger partial charge in [-0.2, -0.15) is 5.10 Å². The van der Waals surface area contributed by atoms with E-state index in [1.165, 1.54) is 18.2 Å². The average Bonchev–Trinajstić information content (AvgIpc) is 2.97. The van der Waals surface area contributed by atoms with Crippen molar-refractivity contribution in [1.29, 1.82) is 0 Å².